The predicted octanol–water partition coefficient (Wildman–Crippen LogP) is 3.01. The number of rotatable bonds is 2. The number of hydrogen-bond acceptors (Lipinski definition) is 5. The van der Waals surface area contributed by atoms with Crippen molar-refractivity contribution in [3.05, 3.63) is 34.3 Å². The van der Waals surface area contributed by atoms with Gasteiger partial charge in [0.05, 0.1) is 18.5 Å². The molecule has 1 aromatic carbocycles. The maximum atomic E-state index is 12.8. The van der Waals surface area contributed by atoms with E-state index >= 15 is 0 Å². The van der Waals surface area contributed by atoms with Crippen molar-refractivity contribution >= 4 is 23.1 Å². The predicted molar refractivity (Wildman–Crippen MR) is 82.3 cm³/mol. The van der Waals surface area contributed by atoms with E-state index in [9.17, 15) is 4.79 Å². The summed E-state index contributed by atoms with van der Waals surface area (Å²) in [5.41, 5.74) is 2.72. The largest absolute Gasteiger partial charge is 0.495 e. The second-order valence-corrected chi connectivity index (χ2v) is 5.99. The van der Waals surface area contributed by atoms with Crippen LogP contribution >= 0.6 is 11.5 Å². The number of nitrogens with zero attached hydrogens (tertiary/aromatic N) is 3. The molecule has 21 heavy (non-hydrogen) atoms. The van der Waals surface area contributed by atoms with Crippen molar-refractivity contribution in [2.75, 3.05) is 18.6 Å². The zero-order valence-corrected chi connectivity index (χ0v) is 13.1. The molecule has 0 spiro atoms. The Morgan fingerprint density at radius 1 is 1.48 bits per heavy atom. The lowest BCUT2D eigenvalue weighted by molar-refractivity contribution is 0.0986. The number of ether oxygens (including phenoxy) is 1. The van der Waals surface area contributed by atoms with Gasteiger partial charge in [0.25, 0.3) is 5.91 Å². The van der Waals surface area contributed by atoms with Gasteiger partial charge in [-0.3, -0.25) is 4.79 Å². The molecule has 0 radical (unpaired) electrons. The summed E-state index contributed by atoms with van der Waals surface area (Å²) in [5.74, 6) is 1.11. The molecule has 0 N–H and O–H groups in total. The molecule has 5 nitrogen and oxygen atoms in total. The molecule has 0 aliphatic carbocycles. The van der Waals surface area contributed by atoms with Crippen LogP contribution < -0.4 is 9.64 Å². The monoisotopic (exact) mass is 303 g/mol. The molecule has 110 valence electrons. The molecule has 2 aromatic rings. The first-order chi connectivity index (χ1) is 10.1. The molecule has 0 bridgehead atoms. The van der Waals surface area contributed by atoms with Crippen molar-refractivity contribution in [2.45, 2.75) is 26.2 Å². The maximum Gasteiger partial charge on any atom is 0.272 e. The maximum absolute atomic E-state index is 12.8. The minimum absolute atomic E-state index is 0.0415. The Kier molecular flexibility index (Phi) is 3.63. The molecule has 2 heterocycles. The van der Waals surface area contributed by atoms with Crippen molar-refractivity contribution in [1.29, 1.82) is 0 Å². The average molecular weight is 303 g/mol. The molecule has 0 saturated heterocycles. The van der Waals surface area contributed by atoms with E-state index in [1.807, 2.05) is 19.1 Å². The lowest BCUT2D eigenvalue weighted by Gasteiger charge is -2.33. The summed E-state index contributed by atoms with van der Waals surface area (Å²) in [6.45, 7) is 4.68. The molecule has 1 aromatic heterocycles. The van der Waals surface area contributed by atoms with E-state index in [0.29, 0.717) is 23.0 Å². The van der Waals surface area contributed by atoms with Gasteiger partial charge < -0.3 is 9.64 Å². The summed E-state index contributed by atoms with van der Waals surface area (Å²) >= 11 is 1.15. The van der Waals surface area contributed by atoms with Crippen LogP contribution in [-0.2, 0) is 0 Å². The van der Waals surface area contributed by atoms with Crippen LogP contribution in [0.25, 0.3) is 0 Å². The van der Waals surface area contributed by atoms with Gasteiger partial charge in [0.2, 0.25) is 0 Å². The van der Waals surface area contributed by atoms with Gasteiger partial charge in [0, 0.05) is 6.54 Å². The molecule has 0 fully saturated rings. The highest BCUT2D eigenvalue weighted by Crippen LogP contribution is 2.42. The molecule has 1 aliphatic rings. The third-order valence-corrected chi connectivity index (χ3v) is 4.74. The second kappa shape index (κ2) is 5.44. The van der Waals surface area contributed by atoms with E-state index < -0.39 is 0 Å². The smallest absolute Gasteiger partial charge is 0.272 e. The number of carbonyl (C=O) groups excluding carboxylic acids is 1. The van der Waals surface area contributed by atoms with Crippen molar-refractivity contribution < 1.29 is 9.53 Å². The number of carbonyl (C=O) groups is 1. The Labute approximate surface area is 127 Å². The molecule has 6 heteroatoms. The van der Waals surface area contributed by atoms with Gasteiger partial charge >= 0.3 is 0 Å². The summed E-state index contributed by atoms with van der Waals surface area (Å²) < 4.78 is 9.33. The lowest BCUT2D eigenvalue weighted by atomic mass is 9.91. The third-order valence-electron chi connectivity index (χ3n) is 3.93. The van der Waals surface area contributed by atoms with Crippen LogP contribution in [0.3, 0.4) is 0 Å². The van der Waals surface area contributed by atoms with Gasteiger partial charge in [0.1, 0.15) is 10.6 Å². The SMILES string of the molecule is COc1cccc2c1N(C(=O)c1snnc1C)CC[C@H]2C. The van der Waals surface area contributed by atoms with Crippen molar-refractivity contribution in [1.82, 2.24) is 9.59 Å². The normalized spacial score (nSPS) is 17.5. The summed E-state index contributed by atoms with van der Waals surface area (Å²) in [6.07, 6.45) is 0.942. The summed E-state index contributed by atoms with van der Waals surface area (Å²) in [5, 5.41) is 3.94. The number of hydrogen-bond donors (Lipinski definition) is 0. The van der Waals surface area contributed by atoms with Crippen LogP contribution in [0.2, 0.25) is 0 Å². The topological polar surface area (TPSA) is 55.3 Å². The highest BCUT2D eigenvalue weighted by Gasteiger charge is 2.31. The summed E-state index contributed by atoms with van der Waals surface area (Å²) in [4.78, 5) is 15.2. The van der Waals surface area contributed by atoms with Crippen LogP contribution in [0.4, 0.5) is 5.69 Å². The fourth-order valence-corrected chi connectivity index (χ4v) is 3.34. The fourth-order valence-electron chi connectivity index (χ4n) is 2.73. The highest BCUT2D eigenvalue weighted by molar-refractivity contribution is 7.08. The van der Waals surface area contributed by atoms with E-state index in [1.165, 1.54) is 0 Å². The number of amides is 1. The Morgan fingerprint density at radius 3 is 2.95 bits per heavy atom. The Balaban J connectivity index is 2.09. The van der Waals surface area contributed by atoms with Crippen LogP contribution in [-0.4, -0.2) is 29.1 Å². The van der Waals surface area contributed by atoms with E-state index in [0.717, 1.165) is 35.0 Å². The van der Waals surface area contributed by atoms with E-state index in [-0.39, 0.29) is 5.91 Å². The van der Waals surface area contributed by atoms with Crippen molar-refractivity contribution in [3.8, 4) is 5.75 Å². The van der Waals surface area contributed by atoms with Gasteiger partial charge in [-0.2, -0.15) is 0 Å². The van der Waals surface area contributed by atoms with Crippen LogP contribution in [0.5, 0.6) is 5.75 Å². The van der Waals surface area contributed by atoms with Crippen LogP contribution in [0.1, 0.15) is 40.2 Å². The molecule has 1 amide bonds. The Hall–Kier alpha value is -1.95. The molecule has 1 aliphatic heterocycles. The van der Waals surface area contributed by atoms with Gasteiger partial charge in [-0.25, -0.2) is 0 Å². The Bertz CT molecular complexity index is 683. The number of anilines is 1. The zero-order valence-electron chi connectivity index (χ0n) is 12.3. The minimum Gasteiger partial charge on any atom is -0.495 e. The fraction of sp³-hybridized carbons (Fsp3) is 0.400. The minimum atomic E-state index is -0.0415. The highest BCUT2D eigenvalue weighted by atomic mass is 32.1. The number of aryl methyl sites for hydroxylation is 1. The third kappa shape index (κ3) is 2.29. The number of fused-ring (bicyclic) bond motifs is 1. The number of aromatic nitrogens is 2. The van der Waals surface area contributed by atoms with Crippen LogP contribution in [0.15, 0.2) is 18.2 Å². The molecular weight excluding hydrogens is 286 g/mol. The summed E-state index contributed by atoms with van der Waals surface area (Å²) in [6, 6.07) is 5.94. The molecule has 1 atom stereocenters. The van der Waals surface area contributed by atoms with E-state index in [4.69, 9.17) is 4.74 Å². The Morgan fingerprint density at radius 2 is 2.29 bits per heavy atom. The number of para-hydroxylation sites is 1. The standard InChI is InChI=1S/C15H17N3O2S/c1-9-7-8-18(15(19)14-10(2)16-17-21-14)13-11(9)5-4-6-12(13)20-3/h4-6,9H,7-8H2,1-3H3/t9-/m1/s1. The number of methoxy groups -OCH3 is 1. The first kappa shape index (κ1) is 14.0. The lowest BCUT2D eigenvalue weighted by Crippen LogP contribution is -2.36. The first-order valence-electron chi connectivity index (χ1n) is 6.91. The van der Waals surface area contributed by atoms with Crippen LogP contribution in [0, 0.1) is 6.92 Å². The molecule has 0 saturated carbocycles. The number of benzene rings is 1. The molecule has 0 unspecified atom stereocenters. The van der Waals surface area contributed by atoms with Crippen molar-refractivity contribution in [3.63, 3.8) is 0 Å². The summed E-state index contributed by atoms with van der Waals surface area (Å²) in [7, 11) is 1.64. The van der Waals surface area contributed by atoms with Crippen molar-refractivity contribution in [2.24, 2.45) is 0 Å². The first-order valence-corrected chi connectivity index (χ1v) is 7.68. The molecular formula is C15H17N3O2S. The quantitative estimate of drug-likeness (QED) is 0.856. The zero-order chi connectivity index (χ0) is 15.0. The van der Waals surface area contributed by atoms with E-state index in [1.54, 1.807) is 12.0 Å². The van der Waals surface area contributed by atoms with Gasteiger partial charge in [-0.05, 0) is 42.4 Å². The molecule has 3 rings (SSSR count). The van der Waals surface area contributed by atoms with Gasteiger partial charge in [-0.15, -0.1) is 5.10 Å². The second-order valence-electron chi connectivity index (χ2n) is 5.23. The van der Waals surface area contributed by atoms with E-state index in [2.05, 4.69) is 22.6 Å². The van der Waals surface area contributed by atoms with Gasteiger partial charge in [0.15, 0.2) is 0 Å². The van der Waals surface area contributed by atoms with Gasteiger partial charge in [-0.1, -0.05) is 23.5 Å². The average Bonchev–Trinajstić information content (AvgIpc) is 2.93.